The number of nitrogens with one attached hydrogen (secondary N) is 1. The highest BCUT2D eigenvalue weighted by atomic mass is 16.3. The number of aliphatic hydroxyl groups is 1. The lowest BCUT2D eigenvalue weighted by molar-refractivity contribution is -0.140. The van der Waals surface area contributed by atoms with Crippen molar-refractivity contribution in [3.05, 3.63) is 76.9 Å². The molecule has 1 amide bonds. The highest BCUT2D eigenvalue weighted by molar-refractivity contribution is 6.46. The van der Waals surface area contributed by atoms with Crippen LogP contribution in [0.15, 0.2) is 60.2 Å². The van der Waals surface area contributed by atoms with Gasteiger partial charge in [-0.3, -0.25) is 14.5 Å². The molecule has 0 aromatic heterocycles. The number of benzene rings is 2. The van der Waals surface area contributed by atoms with E-state index in [-0.39, 0.29) is 11.3 Å². The number of rotatable bonds is 5. The van der Waals surface area contributed by atoms with Crippen molar-refractivity contribution in [2.45, 2.75) is 13.0 Å². The van der Waals surface area contributed by atoms with E-state index in [1.54, 1.807) is 29.2 Å². The van der Waals surface area contributed by atoms with Gasteiger partial charge in [0.2, 0.25) is 0 Å². The molecule has 2 aromatic rings. The van der Waals surface area contributed by atoms with Gasteiger partial charge in [0.25, 0.3) is 11.7 Å². The molecule has 2 aliphatic rings. The smallest absolute Gasteiger partial charge is 0.295 e. The summed E-state index contributed by atoms with van der Waals surface area (Å²) in [6.45, 7) is 6.82. The Hall–Kier alpha value is -2.96. The van der Waals surface area contributed by atoms with Gasteiger partial charge in [-0.05, 0) is 12.5 Å². The van der Waals surface area contributed by atoms with Crippen molar-refractivity contribution in [1.29, 1.82) is 0 Å². The lowest BCUT2D eigenvalue weighted by atomic mass is 9.95. The van der Waals surface area contributed by atoms with E-state index >= 15 is 0 Å². The molecule has 2 aliphatic heterocycles. The molecule has 0 saturated carbocycles. The van der Waals surface area contributed by atoms with E-state index in [0.717, 1.165) is 37.3 Å². The Morgan fingerprint density at radius 1 is 1.00 bits per heavy atom. The van der Waals surface area contributed by atoms with Crippen LogP contribution in [0.2, 0.25) is 0 Å². The number of carbonyl (C=O) groups is 2. The Kier molecular flexibility index (Phi) is 5.97. The average molecular weight is 405 g/mol. The minimum absolute atomic E-state index is 0.121. The lowest BCUT2D eigenvalue weighted by Crippen LogP contribution is -2.46. The zero-order chi connectivity index (χ0) is 21.1. The number of aliphatic hydroxyl groups excluding tert-OH is 1. The minimum Gasteiger partial charge on any atom is -0.507 e. The van der Waals surface area contributed by atoms with Gasteiger partial charge in [0.05, 0.1) is 11.6 Å². The van der Waals surface area contributed by atoms with Crippen LogP contribution >= 0.6 is 0 Å². The molecule has 0 bridgehead atoms. The number of ketones is 1. The van der Waals surface area contributed by atoms with Gasteiger partial charge in [0.1, 0.15) is 5.76 Å². The Balaban J connectivity index is 1.72. The molecule has 30 heavy (non-hydrogen) atoms. The molecule has 0 unspecified atom stereocenters. The fourth-order valence-corrected chi connectivity index (χ4v) is 4.14. The molecule has 0 aliphatic carbocycles. The quantitative estimate of drug-likeness (QED) is 0.454. The Morgan fingerprint density at radius 2 is 1.67 bits per heavy atom. The number of nitrogens with zero attached hydrogens (tertiary/aromatic N) is 2. The summed E-state index contributed by atoms with van der Waals surface area (Å²) in [6.07, 6.45) is 0. The summed E-state index contributed by atoms with van der Waals surface area (Å²) in [5.41, 5.74) is 2.63. The third kappa shape index (κ3) is 4.01. The number of Topliss-reactive ketones (excluding diaryl/α,β-unsaturated/α-hetero) is 1. The van der Waals surface area contributed by atoms with Gasteiger partial charge >= 0.3 is 0 Å². The summed E-state index contributed by atoms with van der Waals surface area (Å²) >= 11 is 0. The van der Waals surface area contributed by atoms with Crippen LogP contribution in [0.3, 0.4) is 0 Å². The topological polar surface area (TPSA) is 72.9 Å². The summed E-state index contributed by atoms with van der Waals surface area (Å²) in [7, 11) is 0. The molecule has 6 heteroatoms. The second kappa shape index (κ2) is 8.81. The molecular formula is C24H27N3O3. The van der Waals surface area contributed by atoms with Gasteiger partial charge in [0.15, 0.2) is 0 Å². The molecule has 6 nitrogen and oxygen atoms in total. The zero-order valence-electron chi connectivity index (χ0n) is 17.2. The molecule has 2 fully saturated rings. The van der Waals surface area contributed by atoms with E-state index in [1.807, 2.05) is 37.3 Å². The average Bonchev–Trinajstić information content (AvgIpc) is 3.04. The largest absolute Gasteiger partial charge is 0.507 e. The third-order valence-corrected chi connectivity index (χ3v) is 5.85. The van der Waals surface area contributed by atoms with Gasteiger partial charge in [-0.25, -0.2) is 0 Å². The van der Waals surface area contributed by atoms with Crippen LogP contribution in [0.4, 0.5) is 0 Å². The fraction of sp³-hybridized carbons (Fsp3) is 0.333. The maximum atomic E-state index is 13.0. The molecule has 0 spiro atoms. The van der Waals surface area contributed by atoms with Crippen LogP contribution in [0.5, 0.6) is 0 Å². The normalized spacial score (nSPS) is 21.9. The minimum atomic E-state index is -0.623. The molecule has 1 atom stereocenters. The van der Waals surface area contributed by atoms with Crippen LogP contribution < -0.4 is 5.32 Å². The van der Waals surface area contributed by atoms with Crippen LogP contribution in [0, 0.1) is 6.92 Å². The van der Waals surface area contributed by atoms with Crippen LogP contribution in [-0.2, 0) is 9.59 Å². The zero-order valence-corrected chi connectivity index (χ0v) is 17.2. The molecule has 2 N–H and O–H groups in total. The molecule has 156 valence electrons. The van der Waals surface area contributed by atoms with E-state index in [1.165, 1.54) is 0 Å². The van der Waals surface area contributed by atoms with E-state index in [0.29, 0.717) is 18.7 Å². The fourth-order valence-electron chi connectivity index (χ4n) is 4.14. The second-order valence-electron chi connectivity index (χ2n) is 7.86. The number of likely N-dealkylation sites (tertiary alicyclic amines) is 1. The number of piperazine rings is 1. The summed E-state index contributed by atoms with van der Waals surface area (Å²) < 4.78 is 0. The monoisotopic (exact) mass is 405 g/mol. The standard InChI is InChI=1S/C24H27N3O3/c1-17-7-9-18(10-8-17)21-20(22(28)19-5-3-2-4-6-19)23(29)24(30)27(21)16-15-26-13-11-25-12-14-26/h2-10,21,25,28H,11-16H2,1H3/t21-/m0/s1. The summed E-state index contributed by atoms with van der Waals surface area (Å²) in [5.74, 6) is -1.29. The van der Waals surface area contributed by atoms with Crippen molar-refractivity contribution >= 4 is 17.4 Å². The summed E-state index contributed by atoms with van der Waals surface area (Å²) in [5, 5.41) is 14.3. The van der Waals surface area contributed by atoms with Gasteiger partial charge < -0.3 is 15.3 Å². The molecule has 2 saturated heterocycles. The first kappa shape index (κ1) is 20.3. The van der Waals surface area contributed by atoms with E-state index in [4.69, 9.17) is 0 Å². The predicted octanol–water partition coefficient (Wildman–Crippen LogP) is 2.32. The first-order chi connectivity index (χ1) is 14.6. The summed E-state index contributed by atoms with van der Waals surface area (Å²) in [6, 6.07) is 16.2. The predicted molar refractivity (Wildman–Crippen MR) is 116 cm³/mol. The number of hydrogen-bond acceptors (Lipinski definition) is 5. The van der Waals surface area contributed by atoms with E-state index < -0.39 is 17.7 Å². The van der Waals surface area contributed by atoms with Gasteiger partial charge in [-0.15, -0.1) is 0 Å². The third-order valence-electron chi connectivity index (χ3n) is 5.85. The number of hydrogen-bond donors (Lipinski definition) is 2. The van der Waals surface area contributed by atoms with E-state index in [9.17, 15) is 14.7 Å². The summed E-state index contributed by atoms with van der Waals surface area (Å²) in [4.78, 5) is 29.9. The molecular weight excluding hydrogens is 378 g/mol. The van der Waals surface area contributed by atoms with Crippen molar-refractivity contribution in [1.82, 2.24) is 15.1 Å². The highest BCUT2D eigenvalue weighted by Crippen LogP contribution is 2.39. The Bertz CT molecular complexity index is 947. The number of carbonyl (C=O) groups excluding carboxylic acids is 2. The van der Waals surface area contributed by atoms with Crippen molar-refractivity contribution in [3.8, 4) is 0 Å². The van der Waals surface area contributed by atoms with Crippen molar-refractivity contribution in [2.24, 2.45) is 0 Å². The van der Waals surface area contributed by atoms with Crippen molar-refractivity contribution in [2.75, 3.05) is 39.3 Å². The maximum absolute atomic E-state index is 13.0. The van der Waals surface area contributed by atoms with Crippen LogP contribution in [-0.4, -0.2) is 65.9 Å². The Morgan fingerprint density at radius 3 is 2.33 bits per heavy atom. The maximum Gasteiger partial charge on any atom is 0.295 e. The number of aryl methyl sites for hydroxylation is 1. The van der Waals surface area contributed by atoms with E-state index in [2.05, 4.69) is 10.2 Å². The van der Waals surface area contributed by atoms with Crippen molar-refractivity contribution < 1.29 is 14.7 Å². The second-order valence-corrected chi connectivity index (χ2v) is 7.86. The molecule has 0 radical (unpaired) electrons. The number of amides is 1. The SMILES string of the molecule is Cc1ccc([C@H]2C(=C(O)c3ccccc3)C(=O)C(=O)N2CCN2CCNCC2)cc1. The van der Waals surface area contributed by atoms with Crippen LogP contribution in [0.25, 0.3) is 5.76 Å². The first-order valence-electron chi connectivity index (χ1n) is 10.4. The van der Waals surface area contributed by atoms with Gasteiger partial charge in [-0.2, -0.15) is 0 Å². The van der Waals surface area contributed by atoms with Crippen molar-refractivity contribution in [3.63, 3.8) is 0 Å². The van der Waals surface area contributed by atoms with Gasteiger partial charge in [0, 0.05) is 44.8 Å². The first-order valence-corrected chi connectivity index (χ1v) is 10.4. The molecule has 4 rings (SSSR count). The lowest BCUT2D eigenvalue weighted by Gasteiger charge is -2.31. The molecule has 2 aromatic carbocycles. The van der Waals surface area contributed by atoms with Gasteiger partial charge in [-0.1, -0.05) is 60.2 Å². The Labute approximate surface area is 176 Å². The molecule has 2 heterocycles. The highest BCUT2D eigenvalue weighted by Gasteiger charge is 2.45. The van der Waals surface area contributed by atoms with Crippen LogP contribution in [0.1, 0.15) is 22.7 Å².